The summed E-state index contributed by atoms with van der Waals surface area (Å²) in [6.07, 6.45) is 6.86. The van der Waals surface area contributed by atoms with Gasteiger partial charge in [-0.2, -0.15) is 5.10 Å². The number of nitrogens with one attached hydrogen (secondary N) is 2. The number of piperazine rings is 1. The third-order valence-electron chi connectivity index (χ3n) is 8.07. The lowest BCUT2D eigenvalue weighted by atomic mass is 9.92. The SMILES string of the molecule is CN1CCN(c2ccc(/C=C/c3n[nH]c4cc(C5CC56C(=O)Nc5ccccc56)ccc34)cn2)CC1. The highest BCUT2D eigenvalue weighted by Gasteiger charge is 2.65. The molecule has 2 aromatic carbocycles. The Labute approximate surface area is 209 Å². The summed E-state index contributed by atoms with van der Waals surface area (Å²) in [7, 11) is 2.16. The number of pyridine rings is 1. The fourth-order valence-corrected chi connectivity index (χ4v) is 5.85. The van der Waals surface area contributed by atoms with E-state index in [0.29, 0.717) is 0 Å². The van der Waals surface area contributed by atoms with E-state index < -0.39 is 5.41 Å². The van der Waals surface area contributed by atoms with Crippen LogP contribution in [0.1, 0.15) is 34.7 Å². The molecule has 0 bridgehead atoms. The van der Waals surface area contributed by atoms with E-state index in [2.05, 4.69) is 79.8 Å². The number of nitrogens with zero attached hydrogens (tertiary/aromatic N) is 4. The van der Waals surface area contributed by atoms with Crippen LogP contribution in [0, 0.1) is 0 Å². The quantitative estimate of drug-likeness (QED) is 0.460. The molecule has 4 heterocycles. The maximum atomic E-state index is 12.9. The summed E-state index contributed by atoms with van der Waals surface area (Å²) in [6, 6.07) is 18.7. The van der Waals surface area contributed by atoms with Gasteiger partial charge in [0.2, 0.25) is 5.91 Å². The monoisotopic (exact) mass is 476 g/mol. The molecule has 2 N–H and O–H groups in total. The van der Waals surface area contributed by atoms with E-state index in [9.17, 15) is 4.79 Å². The van der Waals surface area contributed by atoms with Crippen molar-refractivity contribution in [3.8, 4) is 0 Å². The number of carbonyl (C=O) groups excluding carboxylic acids is 1. The maximum Gasteiger partial charge on any atom is 0.235 e. The van der Waals surface area contributed by atoms with Gasteiger partial charge in [-0.3, -0.25) is 9.89 Å². The number of aromatic amines is 1. The normalized spacial score (nSPS) is 23.5. The second-order valence-electron chi connectivity index (χ2n) is 10.2. The summed E-state index contributed by atoms with van der Waals surface area (Å²) in [6.45, 7) is 4.16. The second kappa shape index (κ2) is 8.03. The van der Waals surface area contributed by atoms with Gasteiger partial charge in [-0.05, 0) is 60.5 Å². The van der Waals surface area contributed by atoms with E-state index in [0.717, 1.165) is 71.8 Å². The van der Waals surface area contributed by atoms with Crippen LogP contribution in [0.4, 0.5) is 11.5 Å². The number of benzene rings is 2. The van der Waals surface area contributed by atoms with Crippen molar-refractivity contribution >= 4 is 40.5 Å². The molecule has 4 aromatic rings. The Morgan fingerprint density at radius 2 is 1.89 bits per heavy atom. The number of anilines is 2. The van der Waals surface area contributed by atoms with Gasteiger partial charge >= 0.3 is 0 Å². The second-order valence-corrected chi connectivity index (χ2v) is 10.2. The molecule has 2 unspecified atom stereocenters. The number of para-hydroxylation sites is 1. The predicted octanol–water partition coefficient (Wildman–Crippen LogP) is 4.26. The van der Waals surface area contributed by atoms with Crippen molar-refractivity contribution in [1.29, 1.82) is 0 Å². The van der Waals surface area contributed by atoms with Crippen LogP contribution < -0.4 is 10.2 Å². The van der Waals surface area contributed by atoms with E-state index in [4.69, 9.17) is 0 Å². The minimum Gasteiger partial charge on any atom is -0.354 e. The van der Waals surface area contributed by atoms with Gasteiger partial charge in [0.15, 0.2) is 0 Å². The summed E-state index contributed by atoms with van der Waals surface area (Å²) in [5.41, 5.74) is 5.77. The summed E-state index contributed by atoms with van der Waals surface area (Å²) >= 11 is 0. The average molecular weight is 477 g/mol. The zero-order valence-corrected chi connectivity index (χ0v) is 20.2. The van der Waals surface area contributed by atoms with Gasteiger partial charge in [-0.25, -0.2) is 4.98 Å². The first-order chi connectivity index (χ1) is 17.6. The molecule has 3 aliphatic rings. The Bertz CT molecular complexity index is 1500. The van der Waals surface area contributed by atoms with E-state index >= 15 is 0 Å². The zero-order valence-electron chi connectivity index (χ0n) is 20.2. The van der Waals surface area contributed by atoms with E-state index in [1.807, 2.05) is 30.5 Å². The summed E-state index contributed by atoms with van der Waals surface area (Å²) in [5, 5.41) is 11.9. The molecule has 2 aromatic heterocycles. The average Bonchev–Trinajstić information content (AvgIpc) is 3.44. The van der Waals surface area contributed by atoms with Crippen molar-refractivity contribution in [2.24, 2.45) is 0 Å². The maximum absolute atomic E-state index is 12.9. The number of rotatable bonds is 4. The minimum absolute atomic E-state index is 0.120. The Morgan fingerprint density at radius 3 is 2.72 bits per heavy atom. The van der Waals surface area contributed by atoms with Crippen LogP contribution >= 0.6 is 0 Å². The lowest BCUT2D eigenvalue weighted by Gasteiger charge is -2.33. The fraction of sp³-hybridized carbons (Fsp3) is 0.276. The van der Waals surface area contributed by atoms with Gasteiger partial charge in [0.25, 0.3) is 0 Å². The Balaban J connectivity index is 1.09. The first-order valence-electron chi connectivity index (χ1n) is 12.6. The molecular weight excluding hydrogens is 448 g/mol. The summed E-state index contributed by atoms with van der Waals surface area (Å²) < 4.78 is 0. The Hall–Kier alpha value is -3.97. The number of hydrogen-bond acceptors (Lipinski definition) is 5. The van der Waals surface area contributed by atoms with E-state index in [1.165, 1.54) is 5.56 Å². The number of carbonyl (C=O) groups is 1. The van der Waals surface area contributed by atoms with Crippen molar-refractivity contribution in [2.45, 2.75) is 17.8 Å². The standard InChI is InChI=1S/C29H28N6O/c1-34-12-14-35(15-13-34)27-11-7-19(18-30-27)6-10-24-21-9-8-20(16-26(21)33-32-24)23-17-29(23)22-4-2-3-5-25(22)31-28(29)36/h2-11,16,18,23H,12-15,17H2,1H3,(H,31,36)(H,32,33)/b10-6+. The van der Waals surface area contributed by atoms with Gasteiger partial charge in [0, 0.05) is 49.4 Å². The topological polar surface area (TPSA) is 77.1 Å². The van der Waals surface area contributed by atoms with E-state index in [-0.39, 0.29) is 11.8 Å². The number of H-pyrrole nitrogens is 1. The molecule has 36 heavy (non-hydrogen) atoms. The molecule has 1 saturated heterocycles. The number of hydrogen-bond donors (Lipinski definition) is 2. The Kier molecular flexibility index (Phi) is 4.76. The van der Waals surface area contributed by atoms with Crippen LogP contribution in [0.25, 0.3) is 23.1 Å². The number of likely N-dealkylation sites (N-methyl/N-ethyl adjacent to an activating group) is 1. The van der Waals surface area contributed by atoms with Crippen LogP contribution in [0.2, 0.25) is 0 Å². The van der Waals surface area contributed by atoms with Crippen molar-refractivity contribution < 1.29 is 4.79 Å². The number of aromatic nitrogens is 3. The molecular formula is C29H28N6O. The van der Waals surface area contributed by atoms with Gasteiger partial charge in [-0.15, -0.1) is 0 Å². The summed E-state index contributed by atoms with van der Waals surface area (Å²) in [4.78, 5) is 22.2. The molecule has 2 atom stereocenters. The molecule has 180 valence electrons. The van der Waals surface area contributed by atoms with Crippen LogP contribution in [0.15, 0.2) is 60.8 Å². The first kappa shape index (κ1) is 21.3. The van der Waals surface area contributed by atoms with Gasteiger partial charge in [0.1, 0.15) is 5.82 Å². The molecule has 7 heteroatoms. The molecule has 1 amide bonds. The van der Waals surface area contributed by atoms with Crippen LogP contribution in [0.5, 0.6) is 0 Å². The van der Waals surface area contributed by atoms with E-state index in [1.54, 1.807) is 0 Å². The highest BCUT2D eigenvalue weighted by atomic mass is 16.2. The fourth-order valence-electron chi connectivity index (χ4n) is 5.85. The largest absolute Gasteiger partial charge is 0.354 e. The van der Waals surface area contributed by atoms with Gasteiger partial charge in [0.05, 0.1) is 16.6 Å². The molecule has 7 rings (SSSR count). The molecule has 1 spiro atoms. The van der Waals surface area contributed by atoms with Crippen molar-refractivity contribution in [3.05, 3.63) is 83.2 Å². The number of amides is 1. The van der Waals surface area contributed by atoms with Crippen LogP contribution in [0.3, 0.4) is 0 Å². The smallest absolute Gasteiger partial charge is 0.235 e. The molecule has 0 radical (unpaired) electrons. The molecule has 2 aliphatic heterocycles. The van der Waals surface area contributed by atoms with Crippen LogP contribution in [-0.2, 0) is 10.2 Å². The molecule has 2 fully saturated rings. The predicted molar refractivity (Wildman–Crippen MR) is 143 cm³/mol. The highest BCUT2D eigenvalue weighted by molar-refractivity contribution is 6.09. The van der Waals surface area contributed by atoms with Crippen molar-refractivity contribution in [2.75, 3.05) is 43.4 Å². The molecule has 1 saturated carbocycles. The summed E-state index contributed by atoms with van der Waals surface area (Å²) in [5.74, 6) is 1.35. The minimum atomic E-state index is -0.420. The molecule has 1 aliphatic carbocycles. The van der Waals surface area contributed by atoms with Gasteiger partial charge < -0.3 is 15.1 Å². The molecule has 7 nitrogen and oxygen atoms in total. The number of fused-ring (bicyclic) bond motifs is 3. The lowest BCUT2D eigenvalue weighted by Crippen LogP contribution is -2.44. The highest BCUT2D eigenvalue weighted by Crippen LogP contribution is 2.64. The third kappa shape index (κ3) is 3.34. The van der Waals surface area contributed by atoms with Gasteiger partial charge in [-0.1, -0.05) is 36.4 Å². The third-order valence-corrected chi connectivity index (χ3v) is 8.07. The van der Waals surface area contributed by atoms with Crippen molar-refractivity contribution in [3.63, 3.8) is 0 Å². The van der Waals surface area contributed by atoms with Crippen LogP contribution in [-0.4, -0.2) is 59.2 Å². The first-order valence-corrected chi connectivity index (χ1v) is 12.6. The van der Waals surface area contributed by atoms with Crippen molar-refractivity contribution in [1.82, 2.24) is 20.1 Å². The Morgan fingerprint density at radius 1 is 1.03 bits per heavy atom. The zero-order chi connectivity index (χ0) is 24.3. The lowest BCUT2D eigenvalue weighted by molar-refractivity contribution is -0.118.